The van der Waals surface area contributed by atoms with Gasteiger partial charge in [-0.1, -0.05) is 17.7 Å². The van der Waals surface area contributed by atoms with E-state index in [0.29, 0.717) is 11.6 Å². The van der Waals surface area contributed by atoms with Gasteiger partial charge in [-0.05, 0) is 38.5 Å². The van der Waals surface area contributed by atoms with Gasteiger partial charge in [0.2, 0.25) is 5.91 Å². The van der Waals surface area contributed by atoms with Gasteiger partial charge in [0.1, 0.15) is 5.75 Å². The number of benzene rings is 1. The molecule has 0 aliphatic carbocycles. The Hall–Kier alpha value is -1.26. The number of phenolic OH excluding ortho intramolecular Hbond substituents is 1. The summed E-state index contributed by atoms with van der Waals surface area (Å²) in [5.41, 5.74) is 0.696. The van der Waals surface area contributed by atoms with Crippen LogP contribution in [-0.4, -0.2) is 23.1 Å². The van der Waals surface area contributed by atoms with Gasteiger partial charge in [0.15, 0.2) is 0 Å². The predicted molar refractivity (Wildman–Crippen MR) is 72.7 cm³/mol. The summed E-state index contributed by atoms with van der Waals surface area (Å²) < 4.78 is 0. The van der Waals surface area contributed by atoms with E-state index in [0.717, 1.165) is 5.56 Å². The summed E-state index contributed by atoms with van der Waals surface area (Å²) in [6, 6.07) is 4.97. The van der Waals surface area contributed by atoms with Crippen LogP contribution in [0.4, 0.5) is 0 Å². The molecule has 1 amide bonds. The minimum absolute atomic E-state index is 0.0487. The fraction of sp³-hybridized carbons (Fsp3) is 0.462. The highest BCUT2D eigenvalue weighted by Crippen LogP contribution is 2.23. The molecule has 0 aliphatic heterocycles. The summed E-state index contributed by atoms with van der Waals surface area (Å²) in [6.07, 6.45) is 0. The molecule has 0 bridgehead atoms. The zero-order chi connectivity index (χ0) is 13.8. The highest BCUT2D eigenvalue weighted by molar-refractivity contribution is 6.32. The van der Waals surface area contributed by atoms with Crippen molar-refractivity contribution in [2.75, 3.05) is 6.54 Å². The van der Waals surface area contributed by atoms with Gasteiger partial charge >= 0.3 is 0 Å². The Kier molecular flexibility index (Phi) is 4.99. The topological polar surface area (TPSA) is 61.4 Å². The van der Waals surface area contributed by atoms with E-state index >= 15 is 0 Å². The smallest absolute Gasteiger partial charge is 0.234 e. The molecule has 0 radical (unpaired) electrons. The first kappa shape index (κ1) is 14.8. The Morgan fingerprint density at radius 3 is 2.61 bits per heavy atom. The van der Waals surface area contributed by atoms with Crippen molar-refractivity contribution in [3.8, 4) is 5.75 Å². The van der Waals surface area contributed by atoms with Crippen molar-refractivity contribution in [3.05, 3.63) is 28.8 Å². The zero-order valence-electron chi connectivity index (χ0n) is 10.9. The minimum Gasteiger partial charge on any atom is -0.506 e. The van der Waals surface area contributed by atoms with Crippen molar-refractivity contribution in [1.82, 2.24) is 10.6 Å². The van der Waals surface area contributed by atoms with Crippen molar-refractivity contribution >= 4 is 17.5 Å². The maximum Gasteiger partial charge on any atom is 0.234 e. The van der Waals surface area contributed by atoms with E-state index in [1.165, 1.54) is 6.07 Å². The summed E-state index contributed by atoms with van der Waals surface area (Å²) in [6.45, 7) is 6.58. The first-order valence-corrected chi connectivity index (χ1v) is 6.15. The Morgan fingerprint density at radius 1 is 1.39 bits per heavy atom. The van der Waals surface area contributed by atoms with Crippen LogP contribution >= 0.6 is 11.6 Å². The Bertz CT molecular complexity index is 427. The van der Waals surface area contributed by atoms with E-state index in [-0.39, 0.29) is 23.7 Å². The molecule has 0 unspecified atom stereocenters. The molecule has 5 heteroatoms. The van der Waals surface area contributed by atoms with Gasteiger partial charge in [-0.2, -0.15) is 0 Å². The van der Waals surface area contributed by atoms with Crippen LogP contribution in [0, 0.1) is 0 Å². The highest BCUT2D eigenvalue weighted by Gasteiger charge is 2.12. The fourth-order valence-electron chi connectivity index (χ4n) is 1.44. The monoisotopic (exact) mass is 270 g/mol. The van der Waals surface area contributed by atoms with Crippen molar-refractivity contribution in [2.24, 2.45) is 0 Å². The van der Waals surface area contributed by atoms with Crippen LogP contribution in [0.3, 0.4) is 0 Å². The van der Waals surface area contributed by atoms with Crippen LogP contribution in [0.1, 0.15) is 26.3 Å². The van der Waals surface area contributed by atoms with Gasteiger partial charge in [-0.15, -0.1) is 0 Å². The molecule has 100 valence electrons. The van der Waals surface area contributed by atoms with Gasteiger partial charge in [-0.3, -0.25) is 4.79 Å². The number of halogens is 1. The third-order valence-corrected chi connectivity index (χ3v) is 2.44. The van der Waals surface area contributed by atoms with Crippen LogP contribution in [0.25, 0.3) is 0 Å². The zero-order valence-corrected chi connectivity index (χ0v) is 11.6. The van der Waals surface area contributed by atoms with Crippen molar-refractivity contribution in [3.63, 3.8) is 0 Å². The number of carbonyl (C=O) groups excluding carboxylic acids is 1. The molecule has 0 atom stereocenters. The Morgan fingerprint density at radius 2 is 2.06 bits per heavy atom. The molecule has 3 N–H and O–H groups in total. The van der Waals surface area contributed by atoms with Crippen LogP contribution in [0.5, 0.6) is 5.75 Å². The molecule has 18 heavy (non-hydrogen) atoms. The number of aromatic hydroxyl groups is 1. The van der Waals surface area contributed by atoms with Crippen molar-refractivity contribution < 1.29 is 9.90 Å². The summed E-state index contributed by atoms with van der Waals surface area (Å²) in [7, 11) is 0. The third kappa shape index (κ3) is 5.38. The Labute approximate surface area is 112 Å². The van der Waals surface area contributed by atoms with Crippen LogP contribution in [0.15, 0.2) is 18.2 Å². The number of hydrogen-bond donors (Lipinski definition) is 3. The van der Waals surface area contributed by atoms with E-state index in [4.69, 9.17) is 11.6 Å². The highest BCUT2D eigenvalue weighted by atomic mass is 35.5. The molecule has 0 saturated carbocycles. The number of carbonyl (C=O) groups is 1. The Balaban J connectivity index is 2.38. The molecule has 0 heterocycles. The second kappa shape index (κ2) is 6.07. The van der Waals surface area contributed by atoms with E-state index < -0.39 is 0 Å². The van der Waals surface area contributed by atoms with E-state index in [9.17, 15) is 9.90 Å². The standard InChI is InChI=1S/C13H19ClN2O2/c1-13(2,3)16-12(18)8-15-7-9-4-5-11(17)10(14)6-9/h4-6,15,17H,7-8H2,1-3H3,(H,16,18). The van der Waals surface area contributed by atoms with Gasteiger partial charge in [0.05, 0.1) is 11.6 Å². The van der Waals surface area contributed by atoms with Crippen molar-refractivity contribution in [2.45, 2.75) is 32.9 Å². The molecule has 1 aromatic rings. The molecule has 0 aromatic heterocycles. The van der Waals surface area contributed by atoms with Gasteiger partial charge in [0.25, 0.3) is 0 Å². The maximum atomic E-state index is 11.5. The second-order valence-electron chi connectivity index (χ2n) is 5.19. The van der Waals surface area contributed by atoms with Gasteiger partial charge in [-0.25, -0.2) is 0 Å². The average molecular weight is 271 g/mol. The van der Waals surface area contributed by atoms with Crippen molar-refractivity contribution in [1.29, 1.82) is 0 Å². The minimum atomic E-state index is -0.222. The van der Waals surface area contributed by atoms with Crippen LogP contribution < -0.4 is 10.6 Å². The SMILES string of the molecule is CC(C)(C)NC(=O)CNCc1ccc(O)c(Cl)c1. The molecular weight excluding hydrogens is 252 g/mol. The maximum absolute atomic E-state index is 11.5. The number of phenols is 1. The number of hydrogen-bond acceptors (Lipinski definition) is 3. The lowest BCUT2D eigenvalue weighted by atomic mass is 10.1. The molecule has 1 rings (SSSR count). The van der Waals surface area contributed by atoms with Gasteiger partial charge in [0, 0.05) is 12.1 Å². The normalized spacial score (nSPS) is 11.3. The molecule has 1 aromatic carbocycles. The number of rotatable bonds is 4. The summed E-state index contributed by atoms with van der Waals surface area (Å²) >= 11 is 5.79. The van der Waals surface area contributed by atoms with E-state index in [2.05, 4.69) is 10.6 Å². The molecule has 0 fully saturated rings. The first-order valence-electron chi connectivity index (χ1n) is 5.77. The summed E-state index contributed by atoms with van der Waals surface area (Å²) in [4.78, 5) is 11.5. The second-order valence-corrected chi connectivity index (χ2v) is 5.59. The lowest BCUT2D eigenvalue weighted by molar-refractivity contribution is -0.121. The first-order chi connectivity index (χ1) is 8.28. The molecule has 4 nitrogen and oxygen atoms in total. The van der Waals surface area contributed by atoms with Gasteiger partial charge < -0.3 is 15.7 Å². The number of amides is 1. The molecule has 0 saturated heterocycles. The fourth-order valence-corrected chi connectivity index (χ4v) is 1.65. The average Bonchev–Trinajstić information content (AvgIpc) is 2.20. The quantitative estimate of drug-likeness (QED) is 0.785. The number of nitrogens with one attached hydrogen (secondary N) is 2. The van der Waals surface area contributed by atoms with Crippen LogP contribution in [-0.2, 0) is 11.3 Å². The van der Waals surface area contributed by atoms with Crippen LogP contribution in [0.2, 0.25) is 5.02 Å². The molecular formula is C13H19ClN2O2. The third-order valence-electron chi connectivity index (χ3n) is 2.14. The summed E-state index contributed by atoms with van der Waals surface area (Å²) in [5, 5.41) is 15.5. The largest absolute Gasteiger partial charge is 0.506 e. The van der Waals surface area contributed by atoms with E-state index in [1.54, 1.807) is 12.1 Å². The lowest BCUT2D eigenvalue weighted by Gasteiger charge is -2.20. The summed E-state index contributed by atoms with van der Waals surface area (Å²) in [5.74, 6) is 0.0123. The van der Waals surface area contributed by atoms with E-state index in [1.807, 2.05) is 20.8 Å². The molecule has 0 aliphatic rings. The molecule has 0 spiro atoms. The predicted octanol–water partition coefficient (Wildman–Crippen LogP) is 2.05. The lowest BCUT2D eigenvalue weighted by Crippen LogP contribution is -2.44.